The van der Waals surface area contributed by atoms with Gasteiger partial charge in [0.2, 0.25) is 0 Å². The molecule has 2 rings (SSSR count). The predicted molar refractivity (Wildman–Crippen MR) is 44.6 cm³/mol. The summed E-state index contributed by atoms with van der Waals surface area (Å²) in [6.45, 7) is 2.01. The first-order chi connectivity index (χ1) is 5.83. The van der Waals surface area contributed by atoms with E-state index >= 15 is 0 Å². The second-order valence-electron chi connectivity index (χ2n) is 2.49. The molecule has 0 fully saturated rings. The molecule has 0 saturated carbocycles. The van der Waals surface area contributed by atoms with Gasteiger partial charge in [-0.2, -0.15) is 4.52 Å². The van der Waals surface area contributed by atoms with Crippen molar-refractivity contribution in [3.63, 3.8) is 0 Å². The fourth-order valence-electron chi connectivity index (χ4n) is 1.09. The summed E-state index contributed by atoms with van der Waals surface area (Å²) in [5.74, 6) is 0.562. The Labute approximate surface area is 69.2 Å². The van der Waals surface area contributed by atoms with Crippen molar-refractivity contribution in [1.82, 2.24) is 19.8 Å². The zero-order valence-electron chi connectivity index (χ0n) is 6.73. The summed E-state index contributed by atoms with van der Waals surface area (Å²) in [7, 11) is 0. The number of aromatic nitrogens is 4. The molecule has 0 atom stereocenters. The van der Waals surface area contributed by atoms with Crippen LogP contribution in [0, 0.1) is 0 Å². The van der Waals surface area contributed by atoms with Crippen LogP contribution in [0.15, 0.2) is 12.3 Å². The minimum Gasteiger partial charge on any atom is -0.383 e. The van der Waals surface area contributed by atoms with Gasteiger partial charge >= 0.3 is 0 Å². The van der Waals surface area contributed by atoms with Gasteiger partial charge < -0.3 is 5.73 Å². The number of nitrogen functional groups attached to an aromatic ring is 1. The van der Waals surface area contributed by atoms with E-state index in [-0.39, 0.29) is 0 Å². The largest absolute Gasteiger partial charge is 0.383 e. The van der Waals surface area contributed by atoms with Crippen LogP contribution < -0.4 is 5.73 Å². The van der Waals surface area contributed by atoms with Crippen molar-refractivity contribution < 1.29 is 0 Å². The molecule has 5 nitrogen and oxygen atoms in total. The Hall–Kier alpha value is -1.65. The van der Waals surface area contributed by atoms with Crippen LogP contribution in [-0.4, -0.2) is 19.8 Å². The summed E-state index contributed by atoms with van der Waals surface area (Å²) >= 11 is 0. The lowest BCUT2D eigenvalue weighted by Crippen LogP contribution is -1.99. The van der Waals surface area contributed by atoms with Crippen molar-refractivity contribution in [2.75, 3.05) is 5.73 Å². The van der Waals surface area contributed by atoms with Gasteiger partial charge in [-0.3, -0.25) is 0 Å². The first kappa shape index (κ1) is 7.02. The van der Waals surface area contributed by atoms with Gasteiger partial charge in [0.15, 0.2) is 5.65 Å². The summed E-state index contributed by atoms with van der Waals surface area (Å²) in [6, 6.07) is 1.70. The van der Waals surface area contributed by atoms with E-state index in [2.05, 4.69) is 15.3 Å². The van der Waals surface area contributed by atoms with Crippen molar-refractivity contribution in [3.05, 3.63) is 18.0 Å². The summed E-state index contributed by atoms with van der Waals surface area (Å²) in [5, 5.41) is 7.81. The highest BCUT2D eigenvalue weighted by Crippen LogP contribution is 2.08. The van der Waals surface area contributed by atoms with E-state index < -0.39 is 0 Å². The smallest absolute Gasteiger partial charge is 0.181 e. The second kappa shape index (κ2) is 2.44. The van der Waals surface area contributed by atoms with Gasteiger partial charge in [-0.05, 0) is 12.5 Å². The molecular formula is C7H9N5. The molecule has 5 heteroatoms. The molecular weight excluding hydrogens is 154 g/mol. The third-order valence-electron chi connectivity index (χ3n) is 1.74. The quantitative estimate of drug-likeness (QED) is 0.655. The van der Waals surface area contributed by atoms with E-state index in [1.165, 1.54) is 0 Å². The Kier molecular flexibility index (Phi) is 1.43. The maximum Gasteiger partial charge on any atom is 0.181 e. The van der Waals surface area contributed by atoms with E-state index in [0.29, 0.717) is 5.82 Å². The molecule has 2 heterocycles. The Morgan fingerprint density at radius 1 is 1.58 bits per heavy atom. The minimum absolute atomic E-state index is 0.562. The number of anilines is 1. The fourth-order valence-corrected chi connectivity index (χ4v) is 1.09. The van der Waals surface area contributed by atoms with Crippen molar-refractivity contribution in [3.8, 4) is 0 Å². The molecule has 0 radical (unpaired) electrons. The molecule has 2 N–H and O–H groups in total. The van der Waals surface area contributed by atoms with Crippen LogP contribution in [-0.2, 0) is 6.42 Å². The second-order valence-corrected chi connectivity index (χ2v) is 2.49. The van der Waals surface area contributed by atoms with E-state index in [9.17, 15) is 0 Å². The molecule has 0 aromatic carbocycles. The highest BCUT2D eigenvalue weighted by Gasteiger charge is 2.05. The Balaban J connectivity index is 2.80. The van der Waals surface area contributed by atoms with Crippen molar-refractivity contribution in [2.24, 2.45) is 0 Å². The fraction of sp³-hybridized carbons (Fsp3) is 0.286. The number of fused-ring (bicyclic) bond motifs is 1. The average molecular weight is 163 g/mol. The Bertz CT molecular complexity index is 405. The maximum absolute atomic E-state index is 5.64. The van der Waals surface area contributed by atoms with Crippen molar-refractivity contribution in [2.45, 2.75) is 13.3 Å². The van der Waals surface area contributed by atoms with Gasteiger partial charge in [0.1, 0.15) is 11.5 Å². The molecule has 2 aromatic rings. The van der Waals surface area contributed by atoms with Crippen LogP contribution >= 0.6 is 0 Å². The first-order valence-electron chi connectivity index (χ1n) is 3.77. The molecule has 0 aliphatic heterocycles. The highest BCUT2D eigenvalue weighted by atomic mass is 15.4. The molecule has 0 amide bonds. The predicted octanol–water partition coefficient (Wildman–Crippen LogP) is 0.269. The third kappa shape index (κ3) is 0.827. The SMILES string of the molecule is CCc1nnn2c(N)ccnc12. The topological polar surface area (TPSA) is 69.1 Å². The molecule has 0 aliphatic carbocycles. The van der Waals surface area contributed by atoms with Gasteiger partial charge in [0.05, 0.1) is 0 Å². The van der Waals surface area contributed by atoms with Crippen LogP contribution in [0.3, 0.4) is 0 Å². The summed E-state index contributed by atoms with van der Waals surface area (Å²) in [5.41, 5.74) is 7.27. The summed E-state index contributed by atoms with van der Waals surface area (Å²) < 4.78 is 1.54. The number of rotatable bonds is 1. The molecule has 0 unspecified atom stereocenters. The number of hydrogen-bond donors (Lipinski definition) is 1. The van der Waals surface area contributed by atoms with Crippen LogP contribution in [0.1, 0.15) is 12.6 Å². The van der Waals surface area contributed by atoms with Gasteiger partial charge in [-0.1, -0.05) is 12.1 Å². The monoisotopic (exact) mass is 163 g/mol. The summed E-state index contributed by atoms with van der Waals surface area (Å²) in [4.78, 5) is 4.13. The van der Waals surface area contributed by atoms with E-state index in [0.717, 1.165) is 17.8 Å². The highest BCUT2D eigenvalue weighted by molar-refractivity contribution is 5.47. The van der Waals surface area contributed by atoms with Crippen LogP contribution in [0.4, 0.5) is 5.82 Å². The zero-order valence-corrected chi connectivity index (χ0v) is 6.73. The van der Waals surface area contributed by atoms with E-state index in [1.54, 1.807) is 16.8 Å². The molecule has 62 valence electrons. The summed E-state index contributed by atoms with van der Waals surface area (Å²) in [6.07, 6.45) is 2.48. The van der Waals surface area contributed by atoms with Crippen molar-refractivity contribution in [1.29, 1.82) is 0 Å². The van der Waals surface area contributed by atoms with Crippen molar-refractivity contribution >= 4 is 11.5 Å². The number of hydrogen-bond acceptors (Lipinski definition) is 4. The first-order valence-corrected chi connectivity index (χ1v) is 3.77. The number of nitrogens with two attached hydrogens (primary N) is 1. The van der Waals surface area contributed by atoms with Gasteiger partial charge in [0.25, 0.3) is 0 Å². The van der Waals surface area contributed by atoms with Crippen LogP contribution in [0.25, 0.3) is 5.65 Å². The third-order valence-corrected chi connectivity index (χ3v) is 1.74. The molecule has 0 saturated heterocycles. The van der Waals surface area contributed by atoms with Crippen LogP contribution in [0.2, 0.25) is 0 Å². The lowest BCUT2D eigenvalue weighted by molar-refractivity contribution is 0.844. The number of nitrogens with zero attached hydrogens (tertiary/aromatic N) is 4. The Morgan fingerprint density at radius 2 is 2.42 bits per heavy atom. The van der Waals surface area contributed by atoms with Gasteiger partial charge in [-0.25, -0.2) is 4.98 Å². The van der Waals surface area contributed by atoms with Gasteiger partial charge in [0, 0.05) is 6.20 Å². The maximum atomic E-state index is 5.64. The minimum atomic E-state index is 0.562. The van der Waals surface area contributed by atoms with E-state index in [4.69, 9.17) is 5.73 Å². The lowest BCUT2D eigenvalue weighted by Gasteiger charge is -1.94. The average Bonchev–Trinajstić information content (AvgIpc) is 2.49. The normalized spacial score (nSPS) is 10.8. The van der Waals surface area contributed by atoms with Crippen LogP contribution in [0.5, 0.6) is 0 Å². The molecule has 0 aliphatic rings. The number of aryl methyl sites for hydroxylation is 1. The zero-order chi connectivity index (χ0) is 8.55. The van der Waals surface area contributed by atoms with Gasteiger partial charge in [-0.15, -0.1) is 5.10 Å². The molecule has 12 heavy (non-hydrogen) atoms. The lowest BCUT2D eigenvalue weighted by atomic mass is 10.3. The van der Waals surface area contributed by atoms with E-state index in [1.807, 2.05) is 6.92 Å². The molecule has 2 aromatic heterocycles. The molecule has 0 bridgehead atoms. The standard InChI is InChI=1S/C7H9N5/c1-2-5-7-9-4-3-6(8)12(7)11-10-5/h3-4H,2,8H2,1H3. The molecule has 0 spiro atoms. The Morgan fingerprint density at radius 3 is 3.17 bits per heavy atom.